The molecule has 1 unspecified atom stereocenters. The molecule has 1 amide bonds. The van der Waals surface area contributed by atoms with Crippen molar-refractivity contribution in [3.63, 3.8) is 0 Å². The fourth-order valence-corrected chi connectivity index (χ4v) is 3.69. The van der Waals surface area contributed by atoms with Gasteiger partial charge in [0, 0.05) is 12.1 Å². The molecule has 6 heteroatoms. The number of hydrazone groups is 1. The van der Waals surface area contributed by atoms with E-state index in [9.17, 15) is 9.18 Å². The summed E-state index contributed by atoms with van der Waals surface area (Å²) >= 11 is 1.37. The van der Waals surface area contributed by atoms with Gasteiger partial charge in [-0.15, -0.1) is 11.3 Å². The molecule has 0 radical (unpaired) electrons. The topological polar surface area (TPSA) is 58.7 Å². The molecule has 0 saturated carbocycles. The van der Waals surface area contributed by atoms with Crippen LogP contribution >= 0.6 is 11.3 Å². The Hall–Kier alpha value is -2.99. The number of hydrogen-bond donors (Lipinski definition) is 1. The van der Waals surface area contributed by atoms with Gasteiger partial charge in [-0.05, 0) is 46.8 Å². The SMILES string of the molecule is Nc1ccc(C2=NN(C(=O)c3cccs3)C(c3cccc(F)c3)C2)cc1. The molecule has 4 rings (SSSR count). The quantitative estimate of drug-likeness (QED) is 0.697. The Kier molecular flexibility index (Phi) is 4.26. The predicted octanol–water partition coefficient (Wildman–Crippen LogP) is 4.46. The molecule has 0 aliphatic carbocycles. The van der Waals surface area contributed by atoms with Gasteiger partial charge in [-0.25, -0.2) is 9.40 Å². The monoisotopic (exact) mass is 365 g/mol. The Morgan fingerprint density at radius 1 is 1.15 bits per heavy atom. The first-order valence-corrected chi connectivity index (χ1v) is 9.06. The van der Waals surface area contributed by atoms with E-state index in [-0.39, 0.29) is 17.8 Å². The molecule has 4 nitrogen and oxygen atoms in total. The van der Waals surface area contributed by atoms with Crippen LogP contribution in [0.2, 0.25) is 0 Å². The van der Waals surface area contributed by atoms with Gasteiger partial charge in [0.25, 0.3) is 5.91 Å². The number of amides is 1. The Morgan fingerprint density at radius 3 is 2.65 bits per heavy atom. The van der Waals surface area contributed by atoms with E-state index < -0.39 is 0 Å². The molecule has 2 N–H and O–H groups in total. The molecule has 0 fully saturated rings. The van der Waals surface area contributed by atoms with E-state index in [1.165, 1.54) is 28.5 Å². The Morgan fingerprint density at radius 2 is 1.96 bits per heavy atom. The van der Waals surface area contributed by atoms with Crippen LogP contribution in [0.5, 0.6) is 0 Å². The molecule has 0 bridgehead atoms. The summed E-state index contributed by atoms with van der Waals surface area (Å²) in [7, 11) is 0. The van der Waals surface area contributed by atoms with E-state index in [0.717, 1.165) is 16.8 Å². The Balaban J connectivity index is 1.73. The molecule has 130 valence electrons. The van der Waals surface area contributed by atoms with E-state index in [1.807, 2.05) is 29.6 Å². The van der Waals surface area contributed by atoms with Gasteiger partial charge in [-0.2, -0.15) is 5.10 Å². The van der Waals surface area contributed by atoms with Crippen LogP contribution < -0.4 is 5.73 Å². The summed E-state index contributed by atoms with van der Waals surface area (Å²) in [5.41, 5.74) is 8.83. The largest absolute Gasteiger partial charge is 0.399 e. The van der Waals surface area contributed by atoms with E-state index in [4.69, 9.17) is 5.73 Å². The number of anilines is 1. The number of carbonyl (C=O) groups is 1. The van der Waals surface area contributed by atoms with Gasteiger partial charge in [-0.1, -0.05) is 30.3 Å². The van der Waals surface area contributed by atoms with Crippen LogP contribution in [0.3, 0.4) is 0 Å². The van der Waals surface area contributed by atoms with Crippen LogP contribution in [0, 0.1) is 5.82 Å². The lowest BCUT2D eigenvalue weighted by Gasteiger charge is -2.21. The summed E-state index contributed by atoms with van der Waals surface area (Å²) in [5.74, 6) is -0.508. The van der Waals surface area contributed by atoms with Crippen LogP contribution in [0.1, 0.15) is 33.3 Å². The molecule has 2 heterocycles. The van der Waals surface area contributed by atoms with Gasteiger partial charge in [0.2, 0.25) is 0 Å². The molecule has 1 atom stereocenters. The second-order valence-electron chi connectivity index (χ2n) is 6.07. The molecule has 1 aromatic heterocycles. The minimum Gasteiger partial charge on any atom is -0.399 e. The third-order valence-electron chi connectivity index (χ3n) is 4.33. The summed E-state index contributed by atoms with van der Waals surface area (Å²) in [4.78, 5) is 13.5. The molecule has 1 aliphatic rings. The van der Waals surface area contributed by atoms with Crippen molar-refractivity contribution < 1.29 is 9.18 Å². The Bertz CT molecular complexity index is 967. The van der Waals surface area contributed by atoms with Crippen LogP contribution in [0.15, 0.2) is 71.1 Å². The maximum absolute atomic E-state index is 13.7. The average molecular weight is 365 g/mol. The fourth-order valence-electron chi connectivity index (χ4n) is 3.03. The lowest BCUT2D eigenvalue weighted by molar-refractivity contribution is 0.0716. The maximum Gasteiger partial charge on any atom is 0.284 e. The molecule has 0 saturated heterocycles. The summed E-state index contributed by atoms with van der Waals surface area (Å²) in [5, 5.41) is 7.89. The van der Waals surface area contributed by atoms with Crippen molar-refractivity contribution in [2.45, 2.75) is 12.5 Å². The number of rotatable bonds is 3. The van der Waals surface area contributed by atoms with E-state index in [1.54, 1.807) is 24.3 Å². The zero-order valence-electron chi connectivity index (χ0n) is 13.8. The molecule has 2 aromatic carbocycles. The highest BCUT2D eigenvalue weighted by Crippen LogP contribution is 2.34. The smallest absolute Gasteiger partial charge is 0.284 e. The van der Waals surface area contributed by atoms with Crippen LogP contribution in [-0.2, 0) is 0 Å². The first kappa shape index (κ1) is 16.5. The van der Waals surface area contributed by atoms with Crippen LogP contribution in [-0.4, -0.2) is 16.6 Å². The molecule has 26 heavy (non-hydrogen) atoms. The van der Waals surface area contributed by atoms with Gasteiger partial charge in [0.05, 0.1) is 16.6 Å². The first-order valence-electron chi connectivity index (χ1n) is 8.18. The van der Waals surface area contributed by atoms with Gasteiger partial charge in [-0.3, -0.25) is 4.79 Å². The minimum atomic E-state index is -0.340. The fraction of sp³-hybridized carbons (Fsp3) is 0.100. The third kappa shape index (κ3) is 3.11. The van der Waals surface area contributed by atoms with Crippen molar-refractivity contribution in [1.82, 2.24) is 5.01 Å². The number of nitrogens with two attached hydrogens (primary N) is 1. The number of benzene rings is 2. The zero-order valence-corrected chi connectivity index (χ0v) is 14.6. The number of thiophene rings is 1. The summed E-state index contributed by atoms with van der Waals surface area (Å²) in [6.45, 7) is 0. The van der Waals surface area contributed by atoms with E-state index in [2.05, 4.69) is 5.10 Å². The van der Waals surface area contributed by atoms with Crippen molar-refractivity contribution in [2.75, 3.05) is 5.73 Å². The van der Waals surface area contributed by atoms with Crippen molar-refractivity contribution in [2.24, 2.45) is 5.10 Å². The standard InChI is InChI=1S/C20H16FN3OS/c21-15-4-1-3-14(11-15)18-12-17(13-6-8-16(22)9-7-13)23-24(18)20(25)19-5-2-10-26-19/h1-11,18H,12,22H2. The van der Waals surface area contributed by atoms with Gasteiger partial charge in [0.1, 0.15) is 5.82 Å². The predicted molar refractivity (Wildman–Crippen MR) is 102 cm³/mol. The van der Waals surface area contributed by atoms with E-state index >= 15 is 0 Å². The van der Waals surface area contributed by atoms with Crippen molar-refractivity contribution in [3.05, 3.63) is 87.9 Å². The van der Waals surface area contributed by atoms with Gasteiger partial charge >= 0.3 is 0 Å². The highest BCUT2D eigenvalue weighted by Gasteiger charge is 2.34. The maximum atomic E-state index is 13.7. The number of nitrogens with zero attached hydrogens (tertiary/aromatic N) is 2. The second-order valence-corrected chi connectivity index (χ2v) is 7.02. The first-order chi connectivity index (χ1) is 12.6. The third-order valence-corrected chi connectivity index (χ3v) is 5.19. The highest BCUT2D eigenvalue weighted by atomic mass is 32.1. The second kappa shape index (κ2) is 6.72. The summed E-state index contributed by atoms with van der Waals surface area (Å²) in [6.07, 6.45) is 0.518. The van der Waals surface area contributed by atoms with Gasteiger partial charge in [0.15, 0.2) is 0 Å². The van der Waals surface area contributed by atoms with Crippen LogP contribution in [0.25, 0.3) is 0 Å². The minimum absolute atomic E-state index is 0.181. The summed E-state index contributed by atoms with van der Waals surface area (Å²) in [6, 6.07) is 17.0. The Labute approximate surface area is 154 Å². The molecular formula is C20H16FN3OS. The molecule has 0 spiro atoms. The molecule has 3 aromatic rings. The average Bonchev–Trinajstić information content (AvgIpc) is 3.32. The van der Waals surface area contributed by atoms with Crippen molar-refractivity contribution in [3.8, 4) is 0 Å². The lowest BCUT2D eigenvalue weighted by Crippen LogP contribution is -2.26. The van der Waals surface area contributed by atoms with Crippen molar-refractivity contribution >= 4 is 28.6 Å². The normalized spacial score (nSPS) is 16.6. The van der Waals surface area contributed by atoms with Crippen molar-refractivity contribution in [1.29, 1.82) is 0 Å². The van der Waals surface area contributed by atoms with E-state index in [0.29, 0.717) is 17.0 Å². The highest BCUT2D eigenvalue weighted by molar-refractivity contribution is 7.12. The lowest BCUT2D eigenvalue weighted by atomic mass is 9.98. The molecule has 1 aliphatic heterocycles. The van der Waals surface area contributed by atoms with Crippen LogP contribution in [0.4, 0.5) is 10.1 Å². The number of halogens is 1. The zero-order chi connectivity index (χ0) is 18.1. The number of nitrogen functional groups attached to an aromatic ring is 1. The number of carbonyl (C=O) groups excluding carboxylic acids is 1. The van der Waals surface area contributed by atoms with Gasteiger partial charge < -0.3 is 5.73 Å². The number of hydrogen-bond acceptors (Lipinski definition) is 4. The summed E-state index contributed by atoms with van der Waals surface area (Å²) < 4.78 is 13.7. The molecular weight excluding hydrogens is 349 g/mol.